The van der Waals surface area contributed by atoms with E-state index in [9.17, 15) is 0 Å². The van der Waals surface area contributed by atoms with Crippen molar-refractivity contribution in [2.45, 2.75) is 16.0 Å². The van der Waals surface area contributed by atoms with Crippen LogP contribution < -0.4 is 5.32 Å². The standard InChI is InChI=1S/C10H7B3BrN2S/c11-9(14)10(12,13-9)16-5-7-1-3-8(4-2-7)15-6-17/h1-4,16H,5H2/i14-4. The summed E-state index contributed by atoms with van der Waals surface area (Å²) in [5.41, 5.74) is 1.89. The van der Waals surface area contributed by atoms with Gasteiger partial charge in [-0.1, -0.05) is 12.1 Å². The van der Waals surface area contributed by atoms with Crippen molar-refractivity contribution >= 4 is 62.0 Å². The Morgan fingerprint density at radius 1 is 1.41 bits per heavy atom. The summed E-state index contributed by atoms with van der Waals surface area (Å²) in [6.07, 6.45) is 0. The van der Waals surface area contributed by atoms with Crippen LogP contribution in [-0.2, 0) is 6.54 Å². The van der Waals surface area contributed by atoms with Crippen LogP contribution in [-0.4, -0.2) is 37.6 Å². The van der Waals surface area contributed by atoms with Crippen LogP contribution >= 0.6 is 28.1 Å². The Morgan fingerprint density at radius 3 is 2.47 bits per heavy atom. The minimum absolute atomic E-state index is 0.610. The Hall–Kier alpha value is -0.345. The van der Waals surface area contributed by atoms with Crippen LogP contribution in [0.2, 0.25) is 0 Å². The fraction of sp³-hybridized carbons (Fsp3) is 0.300. The van der Waals surface area contributed by atoms with E-state index in [-0.39, 0.29) is 0 Å². The number of nitrogens with one attached hydrogen (secondary N) is 1. The molecule has 79 valence electrons. The molecule has 0 aliphatic carbocycles. The van der Waals surface area contributed by atoms with Crippen molar-refractivity contribution in [2.75, 3.05) is 0 Å². The van der Waals surface area contributed by atoms with Gasteiger partial charge in [0.05, 0.1) is 26.5 Å². The van der Waals surface area contributed by atoms with E-state index in [4.69, 9.17) is 15.7 Å². The zero-order valence-corrected chi connectivity index (χ0v) is 11.4. The van der Waals surface area contributed by atoms with Gasteiger partial charge in [-0.25, -0.2) is 0 Å². The highest BCUT2D eigenvalue weighted by molar-refractivity contribution is 9.11. The number of thiocarbonyl (C=S) groups is 1. The fourth-order valence-corrected chi connectivity index (χ4v) is 2.08. The number of rotatable bonds is 4. The van der Waals surface area contributed by atoms with Gasteiger partial charge in [-0.05, 0) is 39.4 Å². The molecule has 2 atom stereocenters. The summed E-state index contributed by atoms with van der Waals surface area (Å²) in [5, 5.41) is 4.86. The third-order valence-corrected chi connectivity index (χ3v) is 3.66. The Labute approximate surface area is 118 Å². The topological polar surface area (TPSA) is 24.4 Å². The van der Waals surface area contributed by atoms with Crippen molar-refractivity contribution < 1.29 is 0 Å². The smallest absolute Gasteiger partial charge is 0.135 e. The molecule has 2 unspecified atom stereocenters. The van der Waals surface area contributed by atoms with E-state index < -0.39 is 9.46 Å². The summed E-state index contributed by atoms with van der Waals surface area (Å²) in [6, 6.07) is 7.66. The first-order valence-corrected chi connectivity index (χ1v) is 6.22. The number of alkyl halides is 1. The first kappa shape index (κ1) is 13.1. The van der Waals surface area contributed by atoms with Gasteiger partial charge in [-0.2, -0.15) is 4.99 Å². The van der Waals surface area contributed by atoms with Crippen LogP contribution in [0.15, 0.2) is 29.3 Å². The molecule has 2 nitrogen and oxygen atoms in total. The molecule has 1 aliphatic heterocycles. The second kappa shape index (κ2) is 4.73. The average molecular weight is 296 g/mol. The van der Waals surface area contributed by atoms with Crippen molar-refractivity contribution in [3.63, 3.8) is 0 Å². The van der Waals surface area contributed by atoms with Gasteiger partial charge in [0, 0.05) is 6.54 Å². The van der Waals surface area contributed by atoms with Gasteiger partial charge >= 0.3 is 0 Å². The van der Waals surface area contributed by atoms with Crippen LogP contribution in [0.25, 0.3) is 0 Å². The number of nitrogens with zero attached hydrogens (tertiary/aromatic N) is 1. The maximum Gasteiger partial charge on any atom is 0.135 e. The molecule has 1 aromatic rings. The number of hydrogen-bond donors (Lipinski definition) is 1. The molecule has 0 spiro atoms. The summed E-state index contributed by atoms with van der Waals surface area (Å²) in [6.45, 7) is 0.638. The molecular weight excluding hydrogens is 289 g/mol. The average Bonchev–Trinajstić information content (AvgIpc) is 2.78. The van der Waals surface area contributed by atoms with Gasteiger partial charge in [0.2, 0.25) is 0 Å². The van der Waals surface area contributed by atoms with Crippen molar-refractivity contribution in [1.29, 1.82) is 0 Å². The van der Waals surface area contributed by atoms with E-state index in [0.29, 0.717) is 6.54 Å². The lowest BCUT2D eigenvalue weighted by Gasteiger charge is -2.18. The van der Waals surface area contributed by atoms with Gasteiger partial charge in [-0.15, -0.1) is 15.9 Å². The lowest BCUT2D eigenvalue weighted by Crippen LogP contribution is -2.38. The summed E-state index contributed by atoms with van der Waals surface area (Å²) < 4.78 is -0.610. The molecule has 2 rings (SSSR count). The minimum atomic E-state index is -0.641. The molecule has 1 aliphatic rings. The zero-order valence-electron chi connectivity index (χ0n) is 8.98. The second-order valence-electron chi connectivity index (χ2n) is 4.00. The van der Waals surface area contributed by atoms with Gasteiger partial charge in [0.25, 0.3) is 0 Å². The summed E-state index contributed by atoms with van der Waals surface area (Å²) in [4.78, 5) is 3.88. The molecule has 17 heavy (non-hydrogen) atoms. The molecule has 1 fully saturated rings. The zero-order chi connectivity index (χ0) is 12.5. The molecule has 1 N–H and O–H groups in total. The summed E-state index contributed by atoms with van der Waals surface area (Å²) >= 11 is 7.85. The Balaban J connectivity index is 1.94. The fourth-order valence-electron chi connectivity index (χ4n) is 1.47. The Morgan fingerprint density at radius 2 is 2.00 bits per heavy atom. The SMILES string of the molecule is [B]C1([76Br])[B]C1([B])NCc1ccc(N=C=S)cc1. The quantitative estimate of drug-likeness (QED) is 0.391. The third-order valence-electron chi connectivity index (χ3n) is 2.68. The van der Waals surface area contributed by atoms with Crippen molar-refractivity contribution in [3.05, 3.63) is 29.8 Å². The van der Waals surface area contributed by atoms with Gasteiger partial charge in [0.1, 0.15) is 7.28 Å². The second-order valence-corrected chi connectivity index (χ2v) is 5.50. The van der Waals surface area contributed by atoms with Gasteiger partial charge < -0.3 is 5.32 Å². The number of hydrogen-bond acceptors (Lipinski definition) is 3. The summed E-state index contributed by atoms with van der Waals surface area (Å²) in [5.74, 6) is 0. The van der Waals surface area contributed by atoms with Crippen LogP contribution in [0.3, 0.4) is 0 Å². The molecule has 5 radical (unpaired) electrons. The van der Waals surface area contributed by atoms with E-state index in [0.717, 1.165) is 11.3 Å². The highest BCUT2D eigenvalue weighted by atomic mass is 75.9. The molecule has 0 aromatic heterocycles. The van der Waals surface area contributed by atoms with Crippen molar-refractivity contribution in [1.82, 2.24) is 5.32 Å². The van der Waals surface area contributed by atoms with E-state index in [1.165, 1.54) is 0 Å². The molecule has 1 heterocycles. The van der Waals surface area contributed by atoms with Crippen LogP contribution in [0.5, 0.6) is 0 Å². The molecule has 0 bridgehead atoms. The first-order chi connectivity index (χ1) is 7.97. The first-order valence-electron chi connectivity index (χ1n) is 5.02. The van der Waals surface area contributed by atoms with E-state index in [1.807, 2.05) is 31.5 Å². The number of halogens is 1. The Kier molecular flexibility index (Phi) is 3.65. The number of isothiocyanates is 1. The van der Waals surface area contributed by atoms with Crippen LogP contribution in [0.1, 0.15) is 5.56 Å². The highest BCUT2D eigenvalue weighted by Crippen LogP contribution is 2.40. The largest absolute Gasteiger partial charge is 0.323 e. The molecular formula is C10H7B3BrN2S. The molecule has 1 saturated heterocycles. The number of benzene rings is 1. The number of aliphatic imine (C=N–C) groups is 1. The molecule has 0 amide bonds. The normalized spacial score (nSPS) is 30.2. The monoisotopic (exact) mass is 296 g/mol. The van der Waals surface area contributed by atoms with Crippen molar-refractivity contribution in [3.8, 4) is 0 Å². The van der Waals surface area contributed by atoms with E-state index in [1.54, 1.807) is 0 Å². The lowest BCUT2D eigenvalue weighted by atomic mass is 9.78. The predicted octanol–water partition coefficient (Wildman–Crippen LogP) is 1.27. The van der Waals surface area contributed by atoms with E-state index >= 15 is 0 Å². The maximum absolute atomic E-state index is 5.97. The van der Waals surface area contributed by atoms with Crippen LogP contribution in [0.4, 0.5) is 5.69 Å². The highest BCUT2D eigenvalue weighted by Gasteiger charge is 2.58. The maximum atomic E-state index is 5.97. The predicted molar refractivity (Wildman–Crippen MR) is 79.6 cm³/mol. The molecule has 7 heteroatoms. The van der Waals surface area contributed by atoms with Crippen LogP contribution in [0, 0.1) is 0 Å². The van der Waals surface area contributed by atoms with Gasteiger partial charge in [-0.3, -0.25) is 0 Å². The Bertz CT molecular complexity index is 473. The van der Waals surface area contributed by atoms with Crippen molar-refractivity contribution in [2.24, 2.45) is 4.99 Å². The van der Waals surface area contributed by atoms with E-state index in [2.05, 4.69) is 43.6 Å². The molecule has 0 saturated carbocycles. The molecule has 1 aromatic carbocycles. The minimum Gasteiger partial charge on any atom is -0.323 e. The third kappa shape index (κ3) is 2.91. The van der Waals surface area contributed by atoms with Gasteiger partial charge in [0.15, 0.2) is 0 Å². The lowest BCUT2D eigenvalue weighted by molar-refractivity contribution is 0.662. The summed E-state index contributed by atoms with van der Waals surface area (Å²) in [7, 11) is 13.6.